The second kappa shape index (κ2) is 13.0. The number of morpholine rings is 1. The third kappa shape index (κ3) is 8.82. The molecule has 0 unspecified atom stereocenters. The number of aliphatic imine (C=N–C) groups is 1. The van der Waals surface area contributed by atoms with Crippen molar-refractivity contribution in [3.8, 4) is 5.75 Å². The molecule has 1 aromatic carbocycles. The van der Waals surface area contributed by atoms with Crippen LogP contribution in [0.4, 0.5) is 13.2 Å². The van der Waals surface area contributed by atoms with Crippen LogP contribution in [0.2, 0.25) is 0 Å². The number of nitrogens with zero attached hydrogens (tertiary/aromatic N) is 2. The molecule has 1 heterocycles. The van der Waals surface area contributed by atoms with E-state index in [4.69, 9.17) is 9.47 Å². The van der Waals surface area contributed by atoms with Crippen LogP contribution in [0.5, 0.6) is 5.75 Å². The molecule has 1 aliphatic rings. The lowest BCUT2D eigenvalue weighted by atomic mass is 10.2. The first-order chi connectivity index (χ1) is 13.0. The van der Waals surface area contributed by atoms with Crippen molar-refractivity contribution in [1.82, 2.24) is 15.5 Å². The predicted octanol–water partition coefficient (Wildman–Crippen LogP) is 2.59. The van der Waals surface area contributed by atoms with E-state index in [1.165, 1.54) is 18.2 Å². The minimum absolute atomic E-state index is 0. The Morgan fingerprint density at radius 1 is 1.21 bits per heavy atom. The monoisotopic (exact) mass is 516 g/mol. The molecule has 1 fully saturated rings. The van der Waals surface area contributed by atoms with Gasteiger partial charge in [-0.1, -0.05) is 12.1 Å². The Labute approximate surface area is 180 Å². The summed E-state index contributed by atoms with van der Waals surface area (Å²) < 4.78 is 49.4. The van der Waals surface area contributed by atoms with Gasteiger partial charge < -0.3 is 20.1 Å². The third-order valence-electron chi connectivity index (χ3n) is 3.98. The molecular formula is C18H28F3IN4O2. The number of nitrogens with one attached hydrogen (secondary N) is 2. The lowest BCUT2D eigenvalue weighted by molar-refractivity contribution is -0.138. The lowest BCUT2D eigenvalue weighted by Crippen LogP contribution is -2.41. The van der Waals surface area contributed by atoms with Gasteiger partial charge in [0.05, 0.1) is 31.9 Å². The number of halogens is 4. The van der Waals surface area contributed by atoms with Gasteiger partial charge in [-0.15, -0.1) is 24.0 Å². The Morgan fingerprint density at radius 2 is 1.93 bits per heavy atom. The Hall–Kier alpha value is -1.27. The summed E-state index contributed by atoms with van der Waals surface area (Å²) >= 11 is 0. The van der Waals surface area contributed by atoms with Crippen LogP contribution >= 0.6 is 24.0 Å². The Kier molecular flexibility index (Phi) is 11.5. The maximum atomic E-state index is 12.9. The summed E-state index contributed by atoms with van der Waals surface area (Å²) in [5, 5.41) is 6.19. The average Bonchev–Trinajstić information content (AvgIpc) is 2.65. The van der Waals surface area contributed by atoms with Gasteiger partial charge in [-0.2, -0.15) is 13.2 Å². The Morgan fingerprint density at radius 3 is 2.61 bits per heavy atom. The van der Waals surface area contributed by atoms with Gasteiger partial charge in [0.1, 0.15) is 12.4 Å². The minimum Gasteiger partial charge on any atom is -0.491 e. The molecule has 0 aromatic heterocycles. The normalized spacial score (nSPS) is 15.6. The van der Waals surface area contributed by atoms with Crippen LogP contribution in [0.3, 0.4) is 0 Å². The zero-order valence-electron chi connectivity index (χ0n) is 15.9. The summed E-state index contributed by atoms with van der Waals surface area (Å²) in [5.74, 6) is 0.458. The molecule has 0 atom stereocenters. The second-order valence-corrected chi connectivity index (χ2v) is 5.98. The number of rotatable bonds is 8. The first-order valence-corrected chi connectivity index (χ1v) is 9.12. The predicted molar refractivity (Wildman–Crippen MR) is 114 cm³/mol. The van der Waals surface area contributed by atoms with E-state index < -0.39 is 11.7 Å². The standard InChI is InChI=1S/C18H27F3N4O2.HI/c1-2-22-17(23-7-9-25-10-13-26-14-11-25)24-8-12-27-16-6-4-3-5-15(16)18(19,20)21;/h3-6H,2,7-14H2,1H3,(H2,22,23,24);1H. The molecular weight excluding hydrogens is 488 g/mol. The lowest BCUT2D eigenvalue weighted by Gasteiger charge is -2.25. The van der Waals surface area contributed by atoms with Gasteiger partial charge in [0.25, 0.3) is 0 Å². The molecule has 6 nitrogen and oxygen atoms in total. The molecule has 160 valence electrons. The molecule has 28 heavy (non-hydrogen) atoms. The summed E-state index contributed by atoms with van der Waals surface area (Å²) in [5.41, 5.74) is -0.768. The van der Waals surface area contributed by atoms with Crippen molar-refractivity contribution in [1.29, 1.82) is 0 Å². The minimum atomic E-state index is -4.43. The Bertz CT molecular complexity index is 596. The van der Waals surface area contributed by atoms with Crippen LogP contribution in [0.1, 0.15) is 12.5 Å². The molecule has 10 heteroatoms. The maximum Gasteiger partial charge on any atom is 0.419 e. The van der Waals surface area contributed by atoms with E-state index in [0.717, 1.165) is 38.9 Å². The molecule has 0 bridgehead atoms. The average molecular weight is 516 g/mol. The summed E-state index contributed by atoms with van der Waals surface area (Å²) in [6.45, 7) is 7.88. The second-order valence-electron chi connectivity index (χ2n) is 5.98. The van der Waals surface area contributed by atoms with E-state index in [9.17, 15) is 13.2 Å². The third-order valence-corrected chi connectivity index (χ3v) is 3.98. The fourth-order valence-electron chi connectivity index (χ4n) is 2.63. The Balaban J connectivity index is 0.00000392. The molecule has 1 aliphatic heterocycles. The fourth-order valence-corrected chi connectivity index (χ4v) is 2.63. The van der Waals surface area contributed by atoms with E-state index in [2.05, 4.69) is 20.5 Å². The van der Waals surface area contributed by atoms with Gasteiger partial charge in [-0.25, -0.2) is 0 Å². The molecule has 0 radical (unpaired) electrons. The molecule has 0 aliphatic carbocycles. The summed E-state index contributed by atoms with van der Waals surface area (Å²) in [4.78, 5) is 6.77. The highest BCUT2D eigenvalue weighted by Gasteiger charge is 2.33. The van der Waals surface area contributed by atoms with Gasteiger partial charge in [-0.3, -0.25) is 9.89 Å². The smallest absolute Gasteiger partial charge is 0.419 e. The van der Waals surface area contributed by atoms with Crippen LogP contribution in [-0.4, -0.2) is 69.9 Å². The van der Waals surface area contributed by atoms with Crippen molar-refractivity contribution in [3.05, 3.63) is 29.8 Å². The highest BCUT2D eigenvalue weighted by Crippen LogP contribution is 2.35. The van der Waals surface area contributed by atoms with E-state index in [0.29, 0.717) is 25.6 Å². The topological polar surface area (TPSA) is 58.1 Å². The van der Waals surface area contributed by atoms with Crippen molar-refractivity contribution < 1.29 is 22.6 Å². The van der Waals surface area contributed by atoms with E-state index in [-0.39, 0.29) is 36.3 Å². The van der Waals surface area contributed by atoms with Crippen LogP contribution in [0.15, 0.2) is 29.3 Å². The number of hydrogen-bond donors (Lipinski definition) is 2. The zero-order valence-corrected chi connectivity index (χ0v) is 18.3. The first kappa shape index (κ1) is 24.8. The molecule has 2 rings (SSSR count). The van der Waals surface area contributed by atoms with Crippen molar-refractivity contribution >= 4 is 29.9 Å². The number of benzene rings is 1. The molecule has 2 N–H and O–H groups in total. The highest BCUT2D eigenvalue weighted by atomic mass is 127. The van der Waals surface area contributed by atoms with Gasteiger partial charge in [0, 0.05) is 26.2 Å². The van der Waals surface area contributed by atoms with Crippen molar-refractivity contribution in [2.24, 2.45) is 4.99 Å². The SMILES string of the molecule is CCNC(=NCCN1CCOCC1)NCCOc1ccccc1C(F)(F)F.I. The summed E-state index contributed by atoms with van der Waals surface area (Å²) in [6.07, 6.45) is -4.43. The zero-order chi connectivity index (χ0) is 19.5. The first-order valence-electron chi connectivity index (χ1n) is 9.12. The van der Waals surface area contributed by atoms with E-state index in [1.807, 2.05) is 6.92 Å². The van der Waals surface area contributed by atoms with Gasteiger partial charge >= 0.3 is 6.18 Å². The molecule has 1 aromatic rings. The fraction of sp³-hybridized carbons (Fsp3) is 0.611. The number of guanidine groups is 1. The van der Waals surface area contributed by atoms with Gasteiger partial charge in [0.15, 0.2) is 5.96 Å². The van der Waals surface area contributed by atoms with Crippen LogP contribution in [-0.2, 0) is 10.9 Å². The quantitative estimate of drug-likeness (QED) is 0.241. The highest BCUT2D eigenvalue weighted by molar-refractivity contribution is 14.0. The van der Waals surface area contributed by atoms with Crippen molar-refractivity contribution in [2.75, 3.05) is 59.1 Å². The number of alkyl halides is 3. The van der Waals surface area contributed by atoms with Crippen molar-refractivity contribution in [3.63, 3.8) is 0 Å². The van der Waals surface area contributed by atoms with Crippen LogP contribution < -0.4 is 15.4 Å². The summed E-state index contributed by atoms with van der Waals surface area (Å²) in [6, 6.07) is 5.21. The molecule has 0 amide bonds. The largest absolute Gasteiger partial charge is 0.491 e. The molecule has 1 saturated heterocycles. The van der Waals surface area contributed by atoms with Crippen molar-refractivity contribution in [2.45, 2.75) is 13.1 Å². The van der Waals surface area contributed by atoms with E-state index >= 15 is 0 Å². The maximum absolute atomic E-state index is 12.9. The van der Waals surface area contributed by atoms with Crippen LogP contribution in [0.25, 0.3) is 0 Å². The van der Waals surface area contributed by atoms with E-state index in [1.54, 1.807) is 0 Å². The number of para-hydroxylation sites is 1. The van der Waals surface area contributed by atoms with Gasteiger partial charge in [-0.05, 0) is 19.1 Å². The summed E-state index contributed by atoms with van der Waals surface area (Å²) in [7, 11) is 0. The molecule has 0 saturated carbocycles. The van der Waals surface area contributed by atoms with Crippen LogP contribution in [0, 0.1) is 0 Å². The van der Waals surface area contributed by atoms with Gasteiger partial charge in [0.2, 0.25) is 0 Å². The number of ether oxygens (including phenoxy) is 2. The molecule has 0 spiro atoms. The number of hydrogen-bond acceptors (Lipinski definition) is 4.